The highest BCUT2D eigenvalue weighted by atomic mass is 14.1. The molecular weight excluding hydrogens is 108 g/mol. The van der Waals surface area contributed by atoms with Crippen molar-refractivity contribution in [2.45, 2.75) is 13.8 Å². The normalized spacial score (nSPS) is 32.7. The van der Waals surface area contributed by atoms with Gasteiger partial charge in [0, 0.05) is 0 Å². The van der Waals surface area contributed by atoms with Crippen molar-refractivity contribution in [1.82, 2.24) is 0 Å². The van der Waals surface area contributed by atoms with E-state index in [0.29, 0.717) is 11.8 Å². The van der Waals surface area contributed by atoms with E-state index in [1.807, 2.05) is 0 Å². The van der Waals surface area contributed by atoms with E-state index in [0.717, 1.165) is 0 Å². The third kappa shape index (κ3) is 1.63. The van der Waals surface area contributed by atoms with Crippen LogP contribution in [0.4, 0.5) is 0 Å². The second kappa shape index (κ2) is 2.77. The van der Waals surface area contributed by atoms with E-state index in [-0.39, 0.29) is 0 Å². The van der Waals surface area contributed by atoms with Crippen molar-refractivity contribution in [2.75, 3.05) is 0 Å². The van der Waals surface area contributed by atoms with Crippen molar-refractivity contribution in [3.63, 3.8) is 0 Å². The van der Waals surface area contributed by atoms with E-state index < -0.39 is 0 Å². The van der Waals surface area contributed by atoms with Gasteiger partial charge in [-0.3, -0.25) is 0 Å². The molecule has 0 aliphatic heterocycles. The molecular formula is C9H13+. The first-order chi connectivity index (χ1) is 4.33. The van der Waals surface area contributed by atoms with Gasteiger partial charge in [0.25, 0.3) is 0 Å². The van der Waals surface area contributed by atoms with Gasteiger partial charge in [0.1, 0.15) is 5.92 Å². The van der Waals surface area contributed by atoms with Gasteiger partial charge in [0.2, 0.25) is 0 Å². The van der Waals surface area contributed by atoms with Gasteiger partial charge in [-0.1, -0.05) is 19.1 Å². The Kier molecular flexibility index (Phi) is 1.99. The minimum Gasteiger partial charge on any atom is -0.0771 e. The molecule has 0 aromatic rings. The second-order valence-electron chi connectivity index (χ2n) is 2.54. The number of hydrogen-bond acceptors (Lipinski definition) is 0. The molecule has 0 atom stereocenters. The molecule has 0 aromatic carbocycles. The Morgan fingerprint density at radius 2 is 1.67 bits per heavy atom. The molecule has 0 fully saturated rings. The maximum atomic E-state index is 2.24. The first-order valence-electron chi connectivity index (χ1n) is 3.49. The fourth-order valence-electron chi connectivity index (χ4n) is 0.958. The van der Waals surface area contributed by atoms with E-state index in [4.69, 9.17) is 0 Å². The van der Waals surface area contributed by atoms with Gasteiger partial charge in [0.05, 0.1) is 13.3 Å². The van der Waals surface area contributed by atoms with E-state index >= 15 is 0 Å². The molecule has 9 heavy (non-hydrogen) atoms. The van der Waals surface area contributed by atoms with Crippen LogP contribution in [0, 0.1) is 18.3 Å². The minimum absolute atomic E-state index is 0.584. The van der Waals surface area contributed by atoms with E-state index in [9.17, 15) is 0 Å². The number of hydrogen-bond donors (Lipinski definition) is 0. The molecule has 0 amide bonds. The highest BCUT2D eigenvalue weighted by Gasteiger charge is 2.08. The topological polar surface area (TPSA) is 0 Å². The molecule has 1 aliphatic rings. The van der Waals surface area contributed by atoms with E-state index in [1.54, 1.807) is 0 Å². The molecule has 0 bridgehead atoms. The maximum absolute atomic E-state index is 2.24. The maximum Gasteiger partial charge on any atom is 0.134 e. The molecule has 0 N–H and O–H groups in total. The molecule has 0 radical (unpaired) electrons. The zero-order valence-electron chi connectivity index (χ0n) is 6.04. The standard InChI is InChI=1S/C9H13/c1-3-9-6-4-8(2)5-7-9/h3-9H,1-2H3/q+1. The molecule has 0 aromatic heterocycles. The summed E-state index contributed by atoms with van der Waals surface area (Å²) in [4.78, 5) is 0. The van der Waals surface area contributed by atoms with Gasteiger partial charge in [-0.2, -0.15) is 0 Å². The molecule has 48 valence electrons. The lowest BCUT2D eigenvalue weighted by Gasteiger charge is -2.05. The van der Waals surface area contributed by atoms with Gasteiger partial charge < -0.3 is 0 Å². The predicted octanol–water partition coefficient (Wildman–Crippen LogP) is 2.59. The quantitative estimate of drug-likeness (QED) is 0.369. The molecule has 0 spiro atoms. The first kappa shape index (κ1) is 6.47. The first-order valence-corrected chi connectivity index (χ1v) is 3.49. The lowest BCUT2D eigenvalue weighted by Crippen LogP contribution is -1.97. The smallest absolute Gasteiger partial charge is 0.0771 e. The SMILES string of the molecule is C[CH+]C1C=CC(C)C=C1. The van der Waals surface area contributed by atoms with Crippen LogP contribution in [0.5, 0.6) is 0 Å². The Bertz CT molecular complexity index is 117. The molecule has 0 saturated heterocycles. The van der Waals surface area contributed by atoms with Crippen LogP contribution in [0.1, 0.15) is 13.8 Å². The van der Waals surface area contributed by atoms with Gasteiger partial charge in [-0.05, 0) is 18.1 Å². The largest absolute Gasteiger partial charge is 0.134 e. The summed E-state index contributed by atoms with van der Waals surface area (Å²) in [6, 6.07) is 0. The van der Waals surface area contributed by atoms with Gasteiger partial charge in [-0.15, -0.1) is 0 Å². The van der Waals surface area contributed by atoms with Gasteiger partial charge in [0.15, 0.2) is 0 Å². The van der Waals surface area contributed by atoms with Crippen LogP contribution in [0.3, 0.4) is 0 Å². The molecule has 1 aliphatic carbocycles. The average Bonchev–Trinajstić information content (AvgIpc) is 1.90. The third-order valence-electron chi connectivity index (χ3n) is 1.66. The van der Waals surface area contributed by atoms with Crippen molar-refractivity contribution in [3.05, 3.63) is 30.7 Å². The Balaban J connectivity index is 2.48. The lowest BCUT2D eigenvalue weighted by atomic mass is 9.96. The third-order valence-corrected chi connectivity index (χ3v) is 1.66. The van der Waals surface area contributed by atoms with Crippen LogP contribution < -0.4 is 0 Å². The zero-order chi connectivity index (χ0) is 6.69. The summed E-state index contributed by atoms with van der Waals surface area (Å²) in [5.74, 6) is 1.22. The fourth-order valence-corrected chi connectivity index (χ4v) is 0.958. The summed E-state index contributed by atoms with van der Waals surface area (Å²) < 4.78 is 0. The summed E-state index contributed by atoms with van der Waals surface area (Å²) in [6.07, 6.45) is 11.2. The van der Waals surface area contributed by atoms with Crippen molar-refractivity contribution in [2.24, 2.45) is 11.8 Å². The molecule has 0 heterocycles. The van der Waals surface area contributed by atoms with Crippen molar-refractivity contribution < 1.29 is 0 Å². The molecule has 0 heteroatoms. The molecule has 0 nitrogen and oxygen atoms in total. The van der Waals surface area contributed by atoms with Crippen molar-refractivity contribution in [1.29, 1.82) is 0 Å². The predicted molar refractivity (Wildman–Crippen MR) is 40.9 cm³/mol. The summed E-state index contributed by atoms with van der Waals surface area (Å²) in [7, 11) is 0. The summed E-state index contributed by atoms with van der Waals surface area (Å²) in [5.41, 5.74) is 0. The summed E-state index contributed by atoms with van der Waals surface area (Å²) >= 11 is 0. The zero-order valence-corrected chi connectivity index (χ0v) is 6.04. The summed E-state index contributed by atoms with van der Waals surface area (Å²) in [5, 5.41) is 0. The number of allylic oxidation sites excluding steroid dienone is 4. The average molecular weight is 121 g/mol. The highest BCUT2D eigenvalue weighted by Crippen LogP contribution is 2.15. The Morgan fingerprint density at radius 3 is 2.11 bits per heavy atom. The van der Waals surface area contributed by atoms with Gasteiger partial charge in [-0.25, -0.2) is 0 Å². The van der Waals surface area contributed by atoms with Crippen LogP contribution in [0.25, 0.3) is 0 Å². The van der Waals surface area contributed by atoms with E-state index in [1.165, 1.54) is 0 Å². The van der Waals surface area contributed by atoms with Crippen molar-refractivity contribution in [3.8, 4) is 0 Å². The lowest BCUT2D eigenvalue weighted by molar-refractivity contribution is 0.839. The highest BCUT2D eigenvalue weighted by molar-refractivity contribution is 5.15. The Hall–Kier alpha value is -0.650. The minimum atomic E-state index is 0.584. The fraction of sp³-hybridized carbons (Fsp3) is 0.444. The van der Waals surface area contributed by atoms with Crippen LogP contribution in [-0.2, 0) is 0 Å². The Labute approximate surface area is 57.3 Å². The summed E-state index contributed by atoms with van der Waals surface area (Å²) in [6.45, 7) is 4.29. The number of rotatable bonds is 1. The molecule has 1 rings (SSSR count). The van der Waals surface area contributed by atoms with E-state index in [2.05, 4.69) is 44.6 Å². The monoisotopic (exact) mass is 121 g/mol. The molecule has 0 saturated carbocycles. The van der Waals surface area contributed by atoms with Crippen LogP contribution in [-0.4, -0.2) is 0 Å². The van der Waals surface area contributed by atoms with Gasteiger partial charge >= 0.3 is 0 Å². The van der Waals surface area contributed by atoms with Crippen molar-refractivity contribution >= 4 is 0 Å². The van der Waals surface area contributed by atoms with Crippen LogP contribution >= 0.6 is 0 Å². The van der Waals surface area contributed by atoms with Crippen LogP contribution in [0.2, 0.25) is 0 Å². The Morgan fingerprint density at radius 1 is 1.11 bits per heavy atom. The second-order valence-corrected chi connectivity index (χ2v) is 2.54. The molecule has 0 unspecified atom stereocenters. The van der Waals surface area contributed by atoms with Crippen LogP contribution in [0.15, 0.2) is 24.3 Å².